The third-order valence-corrected chi connectivity index (χ3v) is 7.45. The third kappa shape index (κ3) is 1.23. The topological polar surface area (TPSA) is 30.9 Å². The molecule has 1 aromatic carbocycles. The summed E-state index contributed by atoms with van der Waals surface area (Å²) in [5.74, 6) is 2.36. The molecule has 2 heterocycles. The van der Waals surface area contributed by atoms with Gasteiger partial charge < -0.3 is 14.2 Å². The molecule has 0 aromatic heterocycles. The lowest BCUT2D eigenvalue weighted by molar-refractivity contribution is -0.0594. The van der Waals surface area contributed by atoms with E-state index in [2.05, 4.69) is 30.2 Å². The number of likely N-dealkylation sites (N-methyl/N-ethyl adjacent to an activating group) is 1. The van der Waals surface area contributed by atoms with Crippen LogP contribution in [0.4, 0.5) is 0 Å². The molecule has 1 unspecified atom stereocenters. The van der Waals surface area contributed by atoms with E-state index in [0.717, 1.165) is 37.3 Å². The first-order valence-electron chi connectivity index (χ1n) is 9.00. The predicted octanol–water partition coefficient (Wildman–Crippen LogP) is 2.30. The Morgan fingerprint density at radius 1 is 1.29 bits per heavy atom. The molecule has 0 amide bonds. The number of methoxy groups -OCH3 is 2. The number of rotatable bonds is 2. The summed E-state index contributed by atoms with van der Waals surface area (Å²) in [5.41, 5.74) is 4.30. The Balaban J connectivity index is 1.69. The Morgan fingerprint density at radius 3 is 2.96 bits per heavy atom. The van der Waals surface area contributed by atoms with Crippen molar-refractivity contribution in [3.05, 3.63) is 34.9 Å². The zero-order valence-corrected chi connectivity index (χ0v) is 14.5. The molecule has 4 nitrogen and oxygen atoms in total. The number of nitrogens with zero attached hydrogens (tertiary/aromatic N) is 1. The van der Waals surface area contributed by atoms with Gasteiger partial charge in [-0.2, -0.15) is 0 Å². The van der Waals surface area contributed by atoms with Crippen LogP contribution in [0, 0.1) is 5.92 Å². The van der Waals surface area contributed by atoms with Gasteiger partial charge in [-0.3, -0.25) is 4.90 Å². The Kier molecular flexibility index (Phi) is 2.29. The third-order valence-electron chi connectivity index (χ3n) is 7.45. The van der Waals surface area contributed by atoms with Crippen molar-refractivity contribution in [3.8, 4) is 11.5 Å². The molecule has 5 aliphatic rings. The number of hydrogen-bond donors (Lipinski definition) is 0. The summed E-state index contributed by atoms with van der Waals surface area (Å²) in [7, 11) is 5.86. The highest BCUT2D eigenvalue weighted by Gasteiger charge is 2.75. The smallest absolute Gasteiger partial charge is 0.166 e. The van der Waals surface area contributed by atoms with E-state index >= 15 is 0 Å². The molecule has 5 atom stereocenters. The van der Waals surface area contributed by atoms with Crippen molar-refractivity contribution < 1.29 is 14.2 Å². The average Bonchev–Trinajstić information content (AvgIpc) is 3.21. The summed E-state index contributed by atoms with van der Waals surface area (Å²) in [6.45, 7) is 1.11. The maximum atomic E-state index is 6.67. The van der Waals surface area contributed by atoms with Crippen LogP contribution < -0.4 is 9.47 Å². The number of likely N-dealkylation sites (tertiary alicyclic amines) is 1. The summed E-state index contributed by atoms with van der Waals surface area (Å²) in [5, 5.41) is 0. The van der Waals surface area contributed by atoms with Gasteiger partial charge in [-0.1, -0.05) is 12.1 Å². The Morgan fingerprint density at radius 2 is 2.17 bits per heavy atom. The molecule has 1 saturated carbocycles. The van der Waals surface area contributed by atoms with Crippen molar-refractivity contribution in [3.63, 3.8) is 0 Å². The summed E-state index contributed by atoms with van der Waals surface area (Å²) >= 11 is 0. The lowest BCUT2D eigenvalue weighted by atomic mass is 9.56. The highest BCUT2D eigenvalue weighted by Crippen LogP contribution is 2.70. The van der Waals surface area contributed by atoms with Crippen LogP contribution in [0.3, 0.4) is 0 Å². The second kappa shape index (κ2) is 4.00. The second-order valence-electron chi connectivity index (χ2n) is 8.14. The van der Waals surface area contributed by atoms with Gasteiger partial charge in [0.05, 0.1) is 12.5 Å². The Hall–Kier alpha value is -1.52. The number of ether oxygens (including phenoxy) is 3. The fourth-order valence-corrected chi connectivity index (χ4v) is 6.23. The van der Waals surface area contributed by atoms with E-state index < -0.39 is 0 Å². The minimum atomic E-state index is -0.136. The number of fused-ring (bicyclic) bond motifs is 2. The molecular formula is C20H23NO3. The molecule has 1 saturated heterocycles. The van der Waals surface area contributed by atoms with Crippen molar-refractivity contribution in [2.24, 2.45) is 5.92 Å². The predicted molar refractivity (Wildman–Crippen MR) is 89.8 cm³/mol. The van der Waals surface area contributed by atoms with Crippen molar-refractivity contribution in [2.75, 3.05) is 27.8 Å². The molecule has 4 heteroatoms. The molecular weight excluding hydrogens is 302 g/mol. The number of benzene rings is 1. The fourth-order valence-electron chi connectivity index (χ4n) is 6.23. The summed E-state index contributed by atoms with van der Waals surface area (Å²) in [4.78, 5) is 2.53. The quantitative estimate of drug-likeness (QED) is 0.781. The van der Waals surface area contributed by atoms with Gasteiger partial charge in [0.25, 0.3) is 0 Å². The maximum Gasteiger partial charge on any atom is 0.166 e. The molecule has 126 valence electrons. The van der Waals surface area contributed by atoms with Crippen LogP contribution in [0.25, 0.3) is 0 Å². The van der Waals surface area contributed by atoms with Crippen molar-refractivity contribution in [1.82, 2.24) is 4.90 Å². The first-order chi connectivity index (χ1) is 11.7. The molecule has 24 heavy (non-hydrogen) atoms. The molecule has 0 radical (unpaired) electrons. The largest absolute Gasteiger partial charge is 0.493 e. The highest BCUT2D eigenvalue weighted by molar-refractivity contribution is 5.67. The minimum Gasteiger partial charge on any atom is -0.493 e. The molecule has 1 spiro atoms. The standard InChI is InChI=1S/C20H23NO3/c1-21-7-6-19-13-9-12-10-20(12,23-3)18(19)24-17-15(22-2)5-4-11(16(17)19)8-14(13)21/h4-5,9,12,14,18H,6-8,10H2,1-3H3/t12?,14-,18-,19+,20-/m1/s1. The van der Waals surface area contributed by atoms with Gasteiger partial charge in [-0.15, -0.1) is 0 Å². The lowest BCUT2D eigenvalue weighted by Crippen LogP contribution is -2.62. The van der Waals surface area contributed by atoms with Gasteiger partial charge in [-0.25, -0.2) is 0 Å². The molecule has 2 aliphatic heterocycles. The van der Waals surface area contributed by atoms with Crippen LogP contribution in [0.1, 0.15) is 24.0 Å². The van der Waals surface area contributed by atoms with Gasteiger partial charge in [0.15, 0.2) is 11.5 Å². The van der Waals surface area contributed by atoms with Crippen molar-refractivity contribution >= 4 is 0 Å². The van der Waals surface area contributed by atoms with Gasteiger partial charge in [0.1, 0.15) is 11.7 Å². The van der Waals surface area contributed by atoms with Crippen LogP contribution in [0.2, 0.25) is 0 Å². The summed E-state index contributed by atoms with van der Waals surface area (Å²) in [6, 6.07) is 4.84. The summed E-state index contributed by atoms with van der Waals surface area (Å²) in [6.07, 6.45) is 5.92. The highest BCUT2D eigenvalue weighted by atomic mass is 16.6. The normalized spacial score (nSPS) is 43.5. The van der Waals surface area contributed by atoms with Gasteiger partial charge >= 0.3 is 0 Å². The molecule has 2 bridgehead atoms. The van der Waals surface area contributed by atoms with E-state index in [0.29, 0.717) is 12.0 Å². The van der Waals surface area contributed by atoms with Gasteiger partial charge in [-0.05, 0) is 50.1 Å². The van der Waals surface area contributed by atoms with Gasteiger partial charge in [0, 0.05) is 24.6 Å². The van der Waals surface area contributed by atoms with E-state index in [1.807, 2.05) is 7.11 Å². The molecule has 6 rings (SSSR count). The van der Waals surface area contributed by atoms with Crippen LogP contribution in [0.5, 0.6) is 11.5 Å². The Bertz CT molecular complexity index is 802. The van der Waals surface area contributed by atoms with E-state index in [1.54, 1.807) is 12.7 Å². The minimum absolute atomic E-state index is 0.00234. The molecule has 0 N–H and O–H groups in total. The first-order valence-corrected chi connectivity index (χ1v) is 9.00. The molecule has 3 aliphatic carbocycles. The molecule has 2 fully saturated rings. The van der Waals surface area contributed by atoms with Crippen molar-refractivity contribution in [1.29, 1.82) is 0 Å². The zero-order valence-electron chi connectivity index (χ0n) is 14.5. The average molecular weight is 325 g/mol. The van der Waals surface area contributed by atoms with Crippen LogP contribution in [0.15, 0.2) is 23.8 Å². The van der Waals surface area contributed by atoms with Crippen LogP contribution in [-0.2, 0) is 16.6 Å². The van der Waals surface area contributed by atoms with E-state index in [1.165, 1.54) is 11.1 Å². The molecule has 1 aromatic rings. The van der Waals surface area contributed by atoms with E-state index in [4.69, 9.17) is 14.2 Å². The van der Waals surface area contributed by atoms with Crippen LogP contribution in [-0.4, -0.2) is 50.5 Å². The van der Waals surface area contributed by atoms with E-state index in [9.17, 15) is 0 Å². The van der Waals surface area contributed by atoms with Crippen LogP contribution >= 0.6 is 0 Å². The fraction of sp³-hybridized carbons (Fsp3) is 0.600. The van der Waals surface area contributed by atoms with Gasteiger partial charge in [0.2, 0.25) is 0 Å². The number of hydrogen-bond acceptors (Lipinski definition) is 4. The maximum absolute atomic E-state index is 6.67. The lowest BCUT2D eigenvalue weighted by Gasteiger charge is -2.54. The SMILES string of the molecule is COc1ccc2c3c1O[C@@H]1[C@]34CCN(C)[C@H](C2)C4=CC2C[C@@]21OC. The monoisotopic (exact) mass is 325 g/mol. The van der Waals surface area contributed by atoms with E-state index in [-0.39, 0.29) is 17.1 Å². The second-order valence-corrected chi connectivity index (χ2v) is 8.14. The van der Waals surface area contributed by atoms with Crippen molar-refractivity contribution in [2.45, 2.75) is 42.4 Å². The number of piperidine rings is 1. The first kappa shape index (κ1) is 13.7. The Labute approximate surface area is 142 Å². The summed E-state index contributed by atoms with van der Waals surface area (Å²) < 4.78 is 18.4. The zero-order chi connectivity index (χ0) is 16.3.